The third kappa shape index (κ3) is 2.59. The van der Waals surface area contributed by atoms with Crippen LogP contribution in [0.5, 0.6) is 0 Å². The molecule has 4 rings (SSSR count). The SMILES string of the molecule is CC(C)=CC[C@@]1(C(=O)NCc2n[nH]c3c2CCC3)C[C@@H]2CC[C@H]1N2. The van der Waals surface area contributed by atoms with E-state index in [9.17, 15) is 4.79 Å². The fourth-order valence-electron chi connectivity index (χ4n) is 4.83. The summed E-state index contributed by atoms with van der Waals surface area (Å²) in [5.74, 6) is 0.203. The summed E-state index contributed by atoms with van der Waals surface area (Å²) in [6.07, 6.45) is 9.74. The number of nitrogens with zero attached hydrogens (tertiary/aromatic N) is 1. The van der Waals surface area contributed by atoms with Gasteiger partial charge in [-0.3, -0.25) is 9.89 Å². The lowest BCUT2D eigenvalue weighted by Gasteiger charge is -2.34. The molecule has 2 saturated heterocycles. The fraction of sp³-hybridized carbons (Fsp3) is 0.684. The summed E-state index contributed by atoms with van der Waals surface area (Å²) in [5, 5.41) is 14.4. The van der Waals surface area contributed by atoms with Gasteiger partial charge >= 0.3 is 0 Å². The van der Waals surface area contributed by atoms with Crippen molar-refractivity contribution in [2.24, 2.45) is 5.41 Å². The minimum absolute atomic E-state index is 0.203. The summed E-state index contributed by atoms with van der Waals surface area (Å²) in [6, 6.07) is 0.837. The Hall–Kier alpha value is -1.62. The normalized spacial score (nSPS) is 30.4. The smallest absolute Gasteiger partial charge is 0.228 e. The maximum Gasteiger partial charge on any atom is 0.228 e. The number of aromatic amines is 1. The van der Waals surface area contributed by atoms with E-state index in [-0.39, 0.29) is 11.3 Å². The van der Waals surface area contributed by atoms with Crippen molar-refractivity contribution in [3.05, 3.63) is 28.6 Å². The van der Waals surface area contributed by atoms with Gasteiger partial charge in [0.15, 0.2) is 0 Å². The van der Waals surface area contributed by atoms with Crippen LogP contribution in [0.1, 0.15) is 62.9 Å². The molecule has 0 spiro atoms. The first-order valence-electron chi connectivity index (χ1n) is 9.31. The quantitative estimate of drug-likeness (QED) is 0.727. The molecule has 0 radical (unpaired) electrons. The molecule has 0 aromatic carbocycles. The van der Waals surface area contributed by atoms with Crippen molar-refractivity contribution in [1.82, 2.24) is 20.8 Å². The Morgan fingerprint density at radius 2 is 2.25 bits per heavy atom. The fourth-order valence-corrected chi connectivity index (χ4v) is 4.83. The second-order valence-corrected chi connectivity index (χ2v) is 8.00. The van der Waals surface area contributed by atoms with Gasteiger partial charge in [0.1, 0.15) is 0 Å². The van der Waals surface area contributed by atoms with Crippen molar-refractivity contribution >= 4 is 5.91 Å². The van der Waals surface area contributed by atoms with Crippen LogP contribution in [0.2, 0.25) is 0 Å². The van der Waals surface area contributed by atoms with E-state index in [0.29, 0.717) is 18.6 Å². The molecule has 2 bridgehead atoms. The molecule has 3 heterocycles. The summed E-state index contributed by atoms with van der Waals surface area (Å²) in [7, 11) is 0. The van der Waals surface area contributed by atoms with Crippen molar-refractivity contribution in [2.45, 2.75) is 77.4 Å². The van der Waals surface area contributed by atoms with Crippen LogP contribution in [-0.4, -0.2) is 28.2 Å². The Bertz CT molecular complexity index is 673. The molecular formula is C19H28N4O. The van der Waals surface area contributed by atoms with Crippen molar-refractivity contribution < 1.29 is 4.79 Å². The third-order valence-corrected chi connectivity index (χ3v) is 6.15. The van der Waals surface area contributed by atoms with Gasteiger partial charge in [-0.1, -0.05) is 11.6 Å². The van der Waals surface area contributed by atoms with E-state index in [2.05, 4.69) is 40.8 Å². The molecule has 130 valence electrons. The van der Waals surface area contributed by atoms with Gasteiger partial charge in [0.2, 0.25) is 5.91 Å². The molecule has 24 heavy (non-hydrogen) atoms. The summed E-state index contributed by atoms with van der Waals surface area (Å²) in [4.78, 5) is 13.1. The van der Waals surface area contributed by atoms with Gasteiger partial charge in [-0.2, -0.15) is 5.10 Å². The highest BCUT2D eigenvalue weighted by Crippen LogP contribution is 2.46. The number of aryl methyl sites for hydroxylation is 1. The van der Waals surface area contributed by atoms with Crippen molar-refractivity contribution in [2.75, 3.05) is 0 Å². The summed E-state index contributed by atoms with van der Waals surface area (Å²) < 4.78 is 0. The third-order valence-electron chi connectivity index (χ3n) is 6.15. The minimum atomic E-state index is -0.278. The van der Waals surface area contributed by atoms with Crippen LogP contribution in [0.3, 0.4) is 0 Å². The van der Waals surface area contributed by atoms with E-state index >= 15 is 0 Å². The van der Waals surface area contributed by atoms with Crippen LogP contribution in [0.25, 0.3) is 0 Å². The number of allylic oxidation sites excluding steroid dienone is 2. The van der Waals surface area contributed by atoms with E-state index in [4.69, 9.17) is 0 Å². The maximum absolute atomic E-state index is 13.1. The van der Waals surface area contributed by atoms with Gasteiger partial charge in [0.25, 0.3) is 0 Å². The predicted molar refractivity (Wildman–Crippen MR) is 93.5 cm³/mol. The zero-order valence-electron chi connectivity index (χ0n) is 14.7. The van der Waals surface area contributed by atoms with Crippen LogP contribution < -0.4 is 10.6 Å². The maximum atomic E-state index is 13.1. The number of hydrogen-bond donors (Lipinski definition) is 3. The zero-order chi connectivity index (χ0) is 16.7. The second kappa shape index (κ2) is 6.03. The summed E-state index contributed by atoms with van der Waals surface area (Å²) in [6.45, 7) is 4.77. The molecular weight excluding hydrogens is 300 g/mol. The molecule has 3 aliphatic rings. The minimum Gasteiger partial charge on any atom is -0.350 e. The average molecular weight is 328 g/mol. The standard InChI is InChI=1S/C19H28N4O/c1-12(2)8-9-19(10-13-6-7-17(19)21-13)18(24)20-11-16-14-4-3-5-15(14)22-23-16/h8,13,17,21H,3-7,9-11H2,1-2H3,(H,20,24)(H,22,23)/t13-,17+,19+/m0/s1. The molecule has 5 nitrogen and oxygen atoms in total. The Morgan fingerprint density at radius 1 is 1.38 bits per heavy atom. The number of carbonyl (C=O) groups excluding carboxylic acids is 1. The van der Waals surface area contributed by atoms with Gasteiger partial charge in [0, 0.05) is 17.8 Å². The highest BCUT2D eigenvalue weighted by molar-refractivity contribution is 5.84. The van der Waals surface area contributed by atoms with Crippen LogP contribution >= 0.6 is 0 Å². The van der Waals surface area contributed by atoms with E-state index in [0.717, 1.165) is 37.8 Å². The molecule has 2 fully saturated rings. The monoisotopic (exact) mass is 328 g/mol. The second-order valence-electron chi connectivity index (χ2n) is 8.00. The number of carbonyl (C=O) groups is 1. The Balaban J connectivity index is 1.48. The molecule has 5 heteroatoms. The van der Waals surface area contributed by atoms with Gasteiger partial charge in [-0.15, -0.1) is 0 Å². The lowest BCUT2D eigenvalue weighted by atomic mass is 9.70. The van der Waals surface area contributed by atoms with E-state index in [1.807, 2.05) is 0 Å². The van der Waals surface area contributed by atoms with Crippen LogP contribution in [0.4, 0.5) is 0 Å². The first kappa shape index (κ1) is 15.9. The molecule has 1 aromatic rings. The number of aromatic nitrogens is 2. The van der Waals surface area contributed by atoms with Gasteiger partial charge in [0.05, 0.1) is 17.7 Å². The van der Waals surface area contributed by atoms with Crippen molar-refractivity contribution in [1.29, 1.82) is 0 Å². The van der Waals surface area contributed by atoms with Crippen LogP contribution in [-0.2, 0) is 24.2 Å². The summed E-state index contributed by atoms with van der Waals surface area (Å²) in [5.41, 5.74) is 4.64. The molecule has 0 saturated carbocycles. The van der Waals surface area contributed by atoms with Crippen molar-refractivity contribution in [3.8, 4) is 0 Å². The number of fused-ring (bicyclic) bond motifs is 3. The van der Waals surface area contributed by atoms with E-state index in [1.165, 1.54) is 29.7 Å². The molecule has 0 unspecified atom stereocenters. The first-order valence-corrected chi connectivity index (χ1v) is 9.31. The molecule has 3 atom stereocenters. The number of amides is 1. The molecule has 1 aliphatic carbocycles. The lowest BCUT2D eigenvalue weighted by molar-refractivity contribution is -0.132. The van der Waals surface area contributed by atoms with Gasteiger partial charge in [-0.25, -0.2) is 0 Å². The highest BCUT2D eigenvalue weighted by atomic mass is 16.2. The number of H-pyrrole nitrogens is 1. The largest absolute Gasteiger partial charge is 0.350 e. The zero-order valence-corrected chi connectivity index (χ0v) is 14.7. The Labute approximate surface area is 143 Å². The number of rotatable bonds is 5. The van der Waals surface area contributed by atoms with E-state index in [1.54, 1.807) is 0 Å². The van der Waals surface area contributed by atoms with Crippen LogP contribution in [0.15, 0.2) is 11.6 Å². The van der Waals surface area contributed by atoms with E-state index < -0.39 is 0 Å². The molecule has 1 aromatic heterocycles. The van der Waals surface area contributed by atoms with Crippen molar-refractivity contribution in [3.63, 3.8) is 0 Å². The molecule has 3 N–H and O–H groups in total. The summed E-state index contributed by atoms with van der Waals surface area (Å²) >= 11 is 0. The van der Waals surface area contributed by atoms with Gasteiger partial charge in [-0.05, 0) is 64.4 Å². The number of hydrogen-bond acceptors (Lipinski definition) is 3. The highest BCUT2D eigenvalue weighted by Gasteiger charge is 2.54. The topological polar surface area (TPSA) is 69.8 Å². The molecule has 2 aliphatic heterocycles. The first-order chi connectivity index (χ1) is 11.6. The van der Waals surface area contributed by atoms with Crippen LogP contribution in [0, 0.1) is 5.41 Å². The average Bonchev–Trinajstić information content (AvgIpc) is 3.30. The predicted octanol–water partition coefficient (Wildman–Crippen LogP) is 2.38. The Morgan fingerprint density at radius 3 is 2.96 bits per heavy atom. The lowest BCUT2D eigenvalue weighted by Crippen LogP contribution is -2.48. The van der Waals surface area contributed by atoms with Gasteiger partial charge < -0.3 is 10.6 Å². The Kier molecular flexibility index (Phi) is 3.99. The molecule has 1 amide bonds. The number of nitrogens with one attached hydrogen (secondary N) is 3.